The molecule has 0 aliphatic carbocycles. The van der Waals surface area contributed by atoms with Crippen molar-refractivity contribution in [2.45, 2.75) is 13.0 Å². The normalized spacial score (nSPS) is 10.5. The summed E-state index contributed by atoms with van der Waals surface area (Å²) in [7, 11) is 1.50. The van der Waals surface area contributed by atoms with Crippen LogP contribution in [0.1, 0.15) is 11.3 Å². The molecule has 6 heteroatoms. The Hall–Kier alpha value is -2.24. The summed E-state index contributed by atoms with van der Waals surface area (Å²) in [5.74, 6) is -1.55. The van der Waals surface area contributed by atoms with Crippen molar-refractivity contribution in [2.24, 2.45) is 0 Å². The molecule has 1 aromatic carbocycles. The first-order valence-electron chi connectivity index (χ1n) is 5.73. The average molecular weight is 265 g/mol. The second-order valence-electron chi connectivity index (χ2n) is 4.21. The monoisotopic (exact) mass is 265 g/mol. The van der Waals surface area contributed by atoms with Crippen LogP contribution >= 0.6 is 0 Å². The van der Waals surface area contributed by atoms with Crippen LogP contribution in [0.15, 0.2) is 30.5 Å². The first-order valence-corrected chi connectivity index (χ1v) is 5.73. The summed E-state index contributed by atoms with van der Waals surface area (Å²) in [5, 5.41) is 6.39. The number of carbonyl (C=O) groups excluding carboxylic acids is 1. The van der Waals surface area contributed by atoms with Crippen molar-refractivity contribution in [3.63, 3.8) is 0 Å². The maximum Gasteiger partial charge on any atom is 0.228 e. The number of H-pyrrole nitrogens is 1. The predicted molar refractivity (Wildman–Crippen MR) is 65.1 cm³/mol. The Morgan fingerprint density at radius 1 is 1.32 bits per heavy atom. The molecule has 4 nitrogen and oxygen atoms in total. The summed E-state index contributed by atoms with van der Waals surface area (Å²) in [6.45, 7) is -0.106. The fourth-order valence-electron chi connectivity index (χ4n) is 1.69. The van der Waals surface area contributed by atoms with Gasteiger partial charge in [-0.05, 0) is 18.2 Å². The number of nitrogens with one attached hydrogen (secondary N) is 1. The SMILES string of the molecule is CN(Cc1c(F)cccc1F)C(=O)Cc1ccn[nH]1. The van der Waals surface area contributed by atoms with Crippen molar-refractivity contribution in [3.8, 4) is 0 Å². The average Bonchev–Trinajstić information content (AvgIpc) is 2.86. The first kappa shape index (κ1) is 13.2. The molecule has 0 aliphatic rings. The van der Waals surface area contributed by atoms with Gasteiger partial charge in [0.05, 0.1) is 13.0 Å². The van der Waals surface area contributed by atoms with E-state index < -0.39 is 11.6 Å². The van der Waals surface area contributed by atoms with E-state index >= 15 is 0 Å². The standard InChI is InChI=1S/C13H13F2N3O/c1-18(13(19)7-9-5-6-16-17-9)8-10-11(14)3-2-4-12(10)15/h2-6H,7-8H2,1H3,(H,16,17). The molecular formula is C13H13F2N3O. The van der Waals surface area contributed by atoms with Crippen molar-refractivity contribution < 1.29 is 13.6 Å². The molecule has 0 fully saturated rings. The van der Waals surface area contributed by atoms with Gasteiger partial charge in [0.15, 0.2) is 0 Å². The molecule has 0 radical (unpaired) electrons. The zero-order valence-electron chi connectivity index (χ0n) is 10.4. The van der Waals surface area contributed by atoms with Gasteiger partial charge in [0.25, 0.3) is 0 Å². The number of nitrogens with zero attached hydrogens (tertiary/aromatic N) is 2. The molecule has 0 atom stereocenters. The zero-order valence-corrected chi connectivity index (χ0v) is 10.4. The molecular weight excluding hydrogens is 252 g/mol. The van der Waals surface area contributed by atoms with E-state index in [4.69, 9.17) is 0 Å². The molecule has 19 heavy (non-hydrogen) atoms. The second-order valence-corrected chi connectivity index (χ2v) is 4.21. The van der Waals surface area contributed by atoms with Crippen molar-refractivity contribution >= 4 is 5.91 Å². The van der Waals surface area contributed by atoms with Gasteiger partial charge in [-0.25, -0.2) is 8.78 Å². The predicted octanol–water partition coefficient (Wildman–Crippen LogP) is 1.89. The highest BCUT2D eigenvalue weighted by Gasteiger charge is 2.15. The Bertz CT molecular complexity index is 549. The quantitative estimate of drug-likeness (QED) is 0.917. The molecule has 2 aromatic rings. The van der Waals surface area contributed by atoms with E-state index in [2.05, 4.69) is 10.2 Å². The minimum Gasteiger partial charge on any atom is -0.341 e. The van der Waals surface area contributed by atoms with Crippen LogP contribution in [-0.2, 0) is 17.8 Å². The van der Waals surface area contributed by atoms with Gasteiger partial charge in [-0.2, -0.15) is 5.10 Å². The van der Waals surface area contributed by atoms with Crippen molar-refractivity contribution in [3.05, 3.63) is 53.4 Å². The Labute approximate surface area is 109 Å². The van der Waals surface area contributed by atoms with Gasteiger partial charge in [0.1, 0.15) is 11.6 Å². The molecule has 2 rings (SSSR count). The molecule has 1 amide bonds. The van der Waals surface area contributed by atoms with Crippen LogP contribution < -0.4 is 0 Å². The molecule has 1 heterocycles. The van der Waals surface area contributed by atoms with Crippen LogP contribution in [0.3, 0.4) is 0 Å². The van der Waals surface area contributed by atoms with Gasteiger partial charge in [-0.1, -0.05) is 6.07 Å². The van der Waals surface area contributed by atoms with Crippen molar-refractivity contribution in [1.82, 2.24) is 15.1 Å². The first-order chi connectivity index (χ1) is 9.08. The largest absolute Gasteiger partial charge is 0.341 e. The van der Waals surface area contributed by atoms with Crippen LogP contribution in [0, 0.1) is 11.6 Å². The Morgan fingerprint density at radius 2 is 2.00 bits per heavy atom. The number of likely N-dealkylation sites (N-methyl/N-ethyl adjacent to an activating group) is 1. The molecule has 0 aliphatic heterocycles. The Balaban J connectivity index is 2.04. The van der Waals surface area contributed by atoms with Gasteiger partial charge in [-0.3, -0.25) is 9.89 Å². The van der Waals surface area contributed by atoms with Crippen LogP contribution in [0.25, 0.3) is 0 Å². The molecule has 0 saturated heterocycles. The summed E-state index contributed by atoms with van der Waals surface area (Å²) in [5.41, 5.74) is 0.550. The van der Waals surface area contributed by atoms with Crippen LogP contribution in [0.4, 0.5) is 8.78 Å². The van der Waals surface area contributed by atoms with Gasteiger partial charge >= 0.3 is 0 Å². The Morgan fingerprint density at radius 3 is 2.58 bits per heavy atom. The van der Waals surface area contributed by atoms with E-state index in [-0.39, 0.29) is 24.4 Å². The fraction of sp³-hybridized carbons (Fsp3) is 0.231. The van der Waals surface area contributed by atoms with E-state index in [1.807, 2.05) is 0 Å². The number of carbonyl (C=O) groups is 1. The third-order valence-electron chi connectivity index (χ3n) is 2.78. The molecule has 0 unspecified atom stereocenters. The number of amides is 1. The smallest absolute Gasteiger partial charge is 0.228 e. The zero-order chi connectivity index (χ0) is 13.8. The van der Waals surface area contributed by atoms with Crippen molar-refractivity contribution in [1.29, 1.82) is 0 Å². The third kappa shape index (κ3) is 3.15. The second kappa shape index (κ2) is 5.60. The number of aromatic nitrogens is 2. The molecule has 100 valence electrons. The number of benzene rings is 1. The van der Waals surface area contributed by atoms with E-state index in [1.165, 1.54) is 30.1 Å². The highest BCUT2D eigenvalue weighted by Crippen LogP contribution is 2.14. The minimum absolute atomic E-state index is 0.106. The maximum absolute atomic E-state index is 13.5. The lowest BCUT2D eigenvalue weighted by Gasteiger charge is -2.17. The van der Waals surface area contributed by atoms with Gasteiger partial charge in [0.2, 0.25) is 5.91 Å². The van der Waals surface area contributed by atoms with E-state index in [0.29, 0.717) is 5.69 Å². The van der Waals surface area contributed by atoms with E-state index in [9.17, 15) is 13.6 Å². The summed E-state index contributed by atoms with van der Waals surface area (Å²) in [6, 6.07) is 5.31. The number of rotatable bonds is 4. The maximum atomic E-state index is 13.5. The molecule has 1 aromatic heterocycles. The van der Waals surface area contributed by atoms with E-state index in [1.54, 1.807) is 12.3 Å². The molecule has 0 saturated carbocycles. The molecule has 0 spiro atoms. The fourth-order valence-corrected chi connectivity index (χ4v) is 1.69. The van der Waals surface area contributed by atoms with Crippen molar-refractivity contribution in [2.75, 3.05) is 7.05 Å². The Kier molecular flexibility index (Phi) is 3.89. The molecule has 1 N–H and O–H groups in total. The van der Waals surface area contributed by atoms with Crippen LogP contribution in [-0.4, -0.2) is 28.1 Å². The van der Waals surface area contributed by atoms with Crippen LogP contribution in [0.2, 0.25) is 0 Å². The minimum atomic E-state index is -0.652. The van der Waals surface area contributed by atoms with Gasteiger partial charge in [0, 0.05) is 24.5 Å². The number of aromatic amines is 1. The highest BCUT2D eigenvalue weighted by atomic mass is 19.1. The lowest BCUT2D eigenvalue weighted by molar-refractivity contribution is -0.129. The van der Waals surface area contributed by atoms with Crippen LogP contribution in [0.5, 0.6) is 0 Å². The number of halogens is 2. The van der Waals surface area contributed by atoms with E-state index in [0.717, 1.165) is 0 Å². The third-order valence-corrected chi connectivity index (χ3v) is 2.78. The van der Waals surface area contributed by atoms with Gasteiger partial charge < -0.3 is 4.90 Å². The number of hydrogen-bond acceptors (Lipinski definition) is 2. The summed E-state index contributed by atoms with van der Waals surface area (Å²) in [6.07, 6.45) is 1.66. The lowest BCUT2D eigenvalue weighted by Crippen LogP contribution is -2.28. The van der Waals surface area contributed by atoms with Gasteiger partial charge in [-0.15, -0.1) is 0 Å². The summed E-state index contributed by atoms with van der Waals surface area (Å²) >= 11 is 0. The molecule has 0 bridgehead atoms. The highest BCUT2D eigenvalue weighted by molar-refractivity contribution is 5.78. The summed E-state index contributed by atoms with van der Waals surface area (Å²) in [4.78, 5) is 13.2. The summed E-state index contributed by atoms with van der Waals surface area (Å²) < 4.78 is 26.9. The lowest BCUT2D eigenvalue weighted by atomic mass is 10.2. The topological polar surface area (TPSA) is 49.0 Å². The number of hydrogen-bond donors (Lipinski definition) is 1.